The Morgan fingerprint density at radius 1 is 0.124 bits per heavy atom. The first kappa shape index (κ1) is 80.1. The van der Waals surface area contributed by atoms with Gasteiger partial charge in [0.2, 0.25) is 0 Å². The number of para-hydroxylation sites is 4. The van der Waals surface area contributed by atoms with Gasteiger partial charge in [-0.3, -0.25) is 0 Å². The molecular weight excluding hydrogens is 1670 g/mol. The molecule has 137 heavy (non-hydrogen) atoms. The number of hydrogen-bond acceptors (Lipinski definition) is 1. The molecular formula is C132H86N4S. The van der Waals surface area contributed by atoms with Crippen LogP contribution in [0.5, 0.6) is 0 Å². The molecule has 0 aliphatic rings. The topological polar surface area (TPSA) is 19.7 Å². The van der Waals surface area contributed by atoms with Crippen molar-refractivity contribution >= 4 is 151 Å². The maximum atomic E-state index is 2.43. The minimum Gasteiger partial charge on any atom is -0.309 e. The molecule has 0 N–H and O–H groups in total. The predicted octanol–water partition coefficient (Wildman–Crippen LogP) is 36.6. The molecule has 0 radical (unpaired) electrons. The van der Waals surface area contributed by atoms with Crippen LogP contribution in [0.3, 0.4) is 0 Å². The smallest absolute Gasteiger partial charge is 0.0547 e. The highest BCUT2D eigenvalue weighted by Crippen LogP contribution is 2.48. The highest BCUT2D eigenvalue weighted by atomic mass is 32.1. The largest absolute Gasteiger partial charge is 0.309 e. The van der Waals surface area contributed by atoms with Crippen LogP contribution < -0.4 is 0 Å². The highest BCUT2D eigenvalue weighted by molar-refractivity contribution is 7.26. The van der Waals surface area contributed by atoms with E-state index < -0.39 is 0 Å². The molecule has 5 heterocycles. The lowest BCUT2D eigenvalue weighted by Crippen LogP contribution is -1.94. The molecule has 0 aliphatic heterocycles. The van der Waals surface area contributed by atoms with E-state index in [1.807, 2.05) is 11.3 Å². The maximum Gasteiger partial charge on any atom is 0.0547 e. The van der Waals surface area contributed by atoms with Crippen LogP contribution in [0.15, 0.2) is 522 Å². The van der Waals surface area contributed by atoms with Crippen molar-refractivity contribution in [3.8, 4) is 112 Å². The lowest BCUT2D eigenvalue weighted by molar-refractivity contribution is 1.18. The van der Waals surface area contributed by atoms with Gasteiger partial charge < -0.3 is 18.3 Å². The molecule has 0 saturated heterocycles. The minimum absolute atomic E-state index is 1.15. The van der Waals surface area contributed by atoms with Gasteiger partial charge in [-0.2, -0.15) is 0 Å². The molecule has 0 amide bonds. The van der Waals surface area contributed by atoms with Gasteiger partial charge in [-0.05, 0) is 249 Å². The van der Waals surface area contributed by atoms with Gasteiger partial charge in [-0.1, -0.05) is 394 Å². The molecule has 0 spiro atoms. The first-order valence-corrected chi connectivity index (χ1v) is 47.9. The monoisotopic (exact) mass is 1760 g/mol. The van der Waals surface area contributed by atoms with Crippen LogP contribution in [0.1, 0.15) is 0 Å². The van der Waals surface area contributed by atoms with Crippen LogP contribution in [0.25, 0.3) is 251 Å². The van der Waals surface area contributed by atoms with Crippen molar-refractivity contribution < 1.29 is 0 Å². The third-order valence-electron chi connectivity index (χ3n) is 27.9. The van der Waals surface area contributed by atoms with Crippen LogP contribution in [0.2, 0.25) is 0 Å². The average Bonchev–Trinajstić information content (AvgIpc) is 0.944. The zero-order valence-electron chi connectivity index (χ0n) is 74.8. The first-order valence-electron chi connectivity index (χ1n) is 47.1. The average molecular weight is 1760 g/mol. The molecule has 0 fully saturated rings. The molecule has 5 aromatic heterocycles. The van der Waals surface area contributed by atoms with E-state index in [1.165, 1.54) is 229 Å². The van der Waals surface area contributed by atoms with Crippen LogP contribution in [0, 0.1) is 0 Å². The maximum absolute atomic E-state index is 2.43. The summed E-state index contributed by atoms with van der Waals surface area (Å²) in [6.45, 7) is 0. The van der Waals surface area contributed by atoms with E-state index in [0.717, 1.165) is 22.7 Å². The van der Waals surface area contributed by atoms with Crippen molar-refractivity contribution in [2.24, 2.45) is 0 Å². The Morgan fingerprint density at radius 2 is 0.394 bits per heavy atom. The number of nitrogens with zero attached hydrogens (tertiary/aromatic N) is 4. The van der Waals surface area contributed by atoms with Gasteiger partial charge in [0.25, 0.3) is 0 Å². The second-order valence-electron chi connectivity index (χ2n) is 35.6. The molecule has 0 bridgehead atoms. The van der Waals surface area contributed by atoms with E-state index in [0.29, 0.717) is 0 Å². The van der Waals surface area contributed by atoms with Crippen molar-refractivity contribution in [3.05, 3.63) is 522 Å². The molecule has 0 unspecified atom stereocenters. The number of thiophene rings is 1. The Hall–Kier alpha value is -17.7. The number of aromatic nitrogens is 4. The van der Waals surface area contributed by atoms with Crippen molar-refractivity contribution in [2.45, 2.75) is 0 Å². The summed E-state index contributed by atoms with van der Waals surface area (Å²) in [6.07, 6.45) is 0. The number of hydrogen-bond donors (Lipinski definition) is 0. The number of fused-ring (bicyclic) bond motifs is 21. The Labute approximate surface area is 796 Å². The van der Waals surface area contributed by atoms with Crippen molar-refractivity contribution in [1.29, 1.82) is 0 Å². The Bertz CT molecular complexity index is 9320. The normalized spacial score (nSPS) is 11.6. The Morgan fingerprint density at radius 3 is 0.861 bits per heavy atom. The van der Waals surface area contributed by atoms with E-state index in [9.17, 15) is 0 Å². The molecule has 5 heteroatoms. The summed E-state index contributed by atoms with van der Waals surface area (Å²) in [5.74, 6) is 0. The molecule has 23 aromatic carbocycles. The molecule has 0 aliphatic carbocycles. The van der Waals surface area contributed by atoms with E-state index in [1.54, 1.807) is 0 Å². The molecule has 0 atom stereocenters. The highest BCUT2D eigenvalue weighted by Gasteiger charge is 2.24. The van der Waals surface area contributed by atoms with Crippen molar-refractivity contribution in [2.75, 3.05) is 0 Å². The molecule has 4 nitrogen and oxygen atoms in total. The lowest BCUT2D eigenvalue weighted by Gasteiger charge is -2.12. The van der Waals surface area contributed by atoms with Gasteiger partial charge in [0.15, 0.2) is 0 Å². The summed E-state index contributed by atoms with van der Waals surface area (Å²) in [4.78, 5) is 0. The standard InChI is InChI=1S/2C48H32N2.C36H22S/c1-3-14-33(15-4-1)35-28-30-37(31-29-35)49-43-24-9-7-20-41(43)47-39(22-12-26-45(47)49)40-23-13-27-46-48(40)42-21-8-10-25-44(42)50(46)38-19-11-18-36(32-38)34-16-5-2-6-17-34;1-3-11-33(12-4-1)35-19-25-39(26-20-35)49-45-17-9-7-15-41(45)43-31-37(23-29-47(43)49)38-24-30-48-44(32-38)42-16-8-10-18-46(42)50(48)40-27-21-36(22-28-40)34-13-5-2-6-14-34;1-2-13-29-27(11-1)28-12-3-4-14-30(28)34-22-24(19-20-31(29)34)23-9-7-10-25(21-23)26-16-8-17-33-32-15-5-6-18-35(32)37-36(26)33/h2*1-32H;1-22H. The van der Waals surface area contributed by atoms with Gasteiger partial charge in [-0.15, -0.1) is 11.3 Å². The van der Waals surface area contributed by atoms with Crippen LogP contribution in [-0.4, -0.2) is 18.3 Å². The fourth-order valence-corrected chi connectivity index (χ4v) is 22.8. The summed E-state index contributed by atoms with van der Waals surface area (Å²) < 4.78 is 12.3. The van der Waals surface area contributed by atoms with Gasteiger partial charge in [0.05, 0.1) is 44.1 Å². The minimum atomic E-state index is 1.15. The van der Waals surface area contributed by atoms with Crippen molar-refractivity contribution in [1.82, 2.24) is 18.3 Å². The Kier molecular flexibility index (Phi) is 19.8. The van der Waals surface area contributed by atoms with E-state index in [-0.39, 0.29) is 0 Å². The SMILES string of the molecule is c1cc(-c2ccc3c4ccccc4c4ccccc4c3c2)cc(-c2cccc3c2sc2ccccc23)c1.c1ccc(-c2ccc(-n3c4ccccc4c4c(-c5cccc6c5c5ccccc5n6-c5cccc(-c6ccccc6)c5)cccc43)cc2)cc1.c1ccc(-c2ccc(-n3c4ccccc4c4cc(-c5ccc6c(c5)c5ccccc5n6-c5ccc(-c6ccccc6)cc5)ccc43)cc2)cc1. The Balaban J connectivity index is 0.000000108. The third-order valence-corrected chi connectivity index (χ3v) is 29.1. The quantitative estimate of drug-likeness (QED) is 0.109. The zero-order chi connectivity index (χ0) is 90.4. The zero-order valence-corrected chi connectivity index (χ0v) is 75.7. The molecule has 28 aromatic rings. The van der Waals surface area contributed by atoms with Gasteiger partial charge in [-0.25, -0.2) is 0 Å². The van der Waals surface area contributed by atoms with Crippen LogP contribution in [-0.2, 0) is 0 Å². The second kappa shape index (κ2) is 33.8. The summed E-state index contributed by atoms with van der Waals surface area (Å²) in [6, 6.07) is 190. The van der Waals surface area contributed by atoms with E-state index in [4.69, 9.17) is 0 Å². The summed E-state index contributed by atoms with van der Waals surface area (Å²) in [5, 5.41) is 20.6. The van der Waals surface area contributed by atoms with E-state index >= 15 is 0 Å². The summed E-state index contributed by atoms with van der Waals surface area (Å²) >= 11 is 1.89. The second-order valence-corrected chi connectivity index (χ2v) is 36.7. The van der Waals surface area contributed by atoms with Crippen LogP contribution >= 0.6 is 11.3 Å². The lowest BCUT2D eigenvalue weighted by atomic mass is 9.91. The van der Waals surface area contributed by atoms with Crippen molar-refractivity contribution in [3.63, 3.8) is 0 Å². The molecule has 640 valence electrons. The van der Waals surface area contributed by atoms with Crippen LogP contribution in [0.4, 0.5) is 0 Å². The van der Waals surface area contributed by atoms with Gasteiger partial charge in [0, 0.05) is 86.0 Å². The molecule has 28 rings (SSSR count). The van der Waals surface area contributed by atoms with E-state index in [2.05, 4.69) is 540 Å². The van der Waals surface area contributed by atoms with Gasteiger partial charge in [0.1, 0.15) is 0 Å². The summed E-state index contributed by atoms with van der Waals surface area (Å²) in [5.41, 5.74) is 34.0. The number of rotatable bonds is 12. The van der Waals surface area contributed by atoms with Gasteiger partial charge >= 0.3 is 0 Å². The summed E-state index contributed by atoms with van der Waals surface area (Å²) in [7, 11) is 0. The fourth-order valence-electron chi connectivity index (χ4n) is 21.6. The number of benzene rings is 23. The predicted molar refractivity (Wildman–Crippen MR) is 586 cm³/mol. The third kappa shape index (κ3) is 14.0. The molecule has 0 saturated carbocycles. The fraction of sp³-hybridized carbons (Fsp3) is 0. The first-order chi connectivity index (χ1) is 68.0.